The summed E-state index contributed by atoms with van der Waals surface area (Å²) in [5.41, 5.74) is -0.315. The Morgan fingerprint density at radius 3 is 2.69 bits per heavy atom. The molecule has 82 valence electrons. The Labute approximate surface area is 88.1 Å². The van der Waals surface area contributed by atoms with E-state index in [1.165, 1.54) is 0 Å². The van der Waals surface area contributed by atoms with Crippen LogP contribution < -0.4 is 5.56 Å². The number of aldehydes is 1. The molecule has 1 heterocycles. The second kappa shape index (κ2) is 3.80. The van der Waals surface area contributed by atoms with Crippen LogP contribution in [0.5, 0.6) is 0 Å². The van der Waals surface area contributed by atoms with E-state index in [-0.39, 0.29) is 17.6 Å². The molecule has 0 aliphatic rings. The highest BCUT2D eigenvalue weighted by Gasteiger charge is 2.09. The predicted molar refractivity (Wildman–Crippen MR) is 52.0 cm³/mol. The highest BCUT2D eigenvalue weighted by molar-refractivity contribution is 5.75. The standard InChI is InChI=1S/C10H6F2N2O2/c11-6-3-8-9(4-7(6)12)14(1-2-15)10(16)5-13-8/h2-5H,1H2. The number of hydrogen-bond acceptors (Lipinski definition) is 3. The molecule has 2 aromatic rings. The number of rotatable bonds is 2. The summed E-state index contributed by atoms with van der Waals surface area (Å²) in [5, 5.41) is 0. The molecule has 4 nitrogen and oxygen atoms in total. The van der Waals surface area contributed by atoms with Crippen molar-refractivity contribution in [1.29, 1.82) is 0 Å². The molecule has 0 N–H and O–H groups in total. The minimum Gasteiger partial charge on any atom is -0.301 e. The summed E-state index contributed by atoms with van der Waals surface area (Å²) < 4.78 is 26.9. The van der Waals surface area contributed by atoms with E-state index in [0.717, 1.165) is 22.9 Å². The third-order valence-electron chi connectivity index (χ3n) is 2.15. The van der Waals surface area contributed by atoms with E-state index in [1.807, 2.05) is 0 Å². The largest absolute Gasteiger partial charge is 0.301 e. The number of carbonyl (C=O) groups excluding carboxylic acids is 1. The van der Waals surface area contributed by atoms with Crippen LogP contribution >= 0.6 is 0 Å². The summed E-state index contributed by atoms with van der Waals surface area (Å²) >= 11 is 0. The zero-order valence-electron chi connectivity index (χ0n) is 7.98. The van der Waals surface area contributed by atoms with Gasteiger partial charge >= 0.3 is 0 Å². The molecule has 0 aliphatic carbocycles. The van der Waals surface area contributed by atoms with Crippen LogP contribution in [-0.4, -0.2) is 15.8 Å². The first kappa shape index (κ1) is 10.4. The molecule has 0 bridgehead atoms. The van der Waals surface area contributed by atoms with Gasteiger partial charge < -0.3 is 4.79 Å². The van der Waals surface area contributed by atoms with Gasteiger partial charge in [-0.2, -0.15) is 0 Å². The van der Waals surface area contributed by atoms with Gasteiger partial charge in [0.05, 0.1) is 23.8 Å². The summed E-state index contributed by atoms with van der Waals surface area (Å²) in [6.45, 7) is -0.219. The second-order valence-corrected chi connectivity index (χ2v) is 3.13. The van der Waals surface area contributed by atoms with Crippen molar-refractivity contribution in [1.82, 2.24) is 9.55 Å². The third kappa shape index (κ3) is 1.58. The second-order valence-electron chi connectivity index (χ2n) is 3.13. The third-order valence-corrected chi connectivity index (χ3v) is 2.15. The smallest absolute Gasteiger partial charge is 0.269 e. The molecule has 0 saturated carbocycles. The molecular formula is C10H6F2N2O2. The monoisotopic (exact) mass is 224 g/mol. The lowest BCUT2D eigenvalue weighted by Gasteiger charge is -2.05. The maximum Gasteiger partial charge on any atom is 0.269 e. The van der Waals surface area contributed by atoms with Crippen molar-refractivity contribution in [3.8, 4) is 0 Å². The highest BCUT2D eigenvalue weighted by Crippen LogP contribution is 2.14. The van der Waals surface area contributed by atoms with Crippen molar-refractivity contribution >= 4 is 17.3 Å². The topological polar surface area (TPSA) is 52.0 Å². The molecule has 0 saturated heterocycles. The first-order valence-corrected chi connectivity index (χ1v) is 4.41. The number of benzene rings is 1. The lowest BCUT2D eigenvalue weighted by atomic mass is 10.2. The van der Waals surface area contributed by atoms with Crippen molar-refractivity contribution in [2.24, 2.45) is 0 Å². The van der Waals surface area contributed by atoms with Crippen LogP contribution in [0.4, 0.5) is 8.78 Å². The van der Waals surface area contributed by atoms with E-state index >= 15 is 0 Å². The van der Waals surface area contributed by atoms with E-state index in [9.17, 15) is 18.4 Å². The molecule has 2 rings (SSSR count). The Morgan fingerprint density at radius 2 is 2.00 bits per heavy atom. The molecule has 0 radical (unpaired) electrons. The van der Waals surface area contributed by atoms with Crippen LogP contribution in [0.1, 0.15) is 0 Å². The predicted octanol–water partition coefficient (Wildman–Crippen LogP) is 0.874. The Kier molecular flexibility index (Phi) is 2.47. The number of hydrogen-bond donors (Lipinski definition) is 0. The number of aromatic nitrogens is 2. The van der Waals surface area contributed by atoms with Crippen molar-refractivity contribution in [2.45, 2.75) is 6.54 Å². The van der Waals surface area contributed by atoms with Crippen molar-refractivity contribution in [2.75, 3.05) is 0 Å². The van der Waals surface area contributed by atoms with Gasteiger partial charge in [-0.15, -0.1) is 0 Å². The number of halogens is 2. The zero-order chi connectivity index (χ0) is 11.7. The SMILES string of the molecule is O=CCn1c(=O)cnc2cc(F)c(F)cc21. The van der Waals surface area contributed by atoms with Crippen LogP contribution in [0, 0.1) is 11.6 Å². The molecule has 6 heteroatoms. The Hall–Kier alpha value is -2.11. The number of carbonyl (C=O) groups is 1. The molecule has 0 aliphatic heterocycles. The maximum atomic E-state index is 13.0. The van der Waals surface area contributed by atoms with E-state index in [2.05, 4.69) is 4.98 Å². The van der Waals surface area contributed by atoms with Gasteiger partial charge in [0.15, 0.2) is 11.6 Å². The van der Waals surface area contributed by atoms with Gasteiger partial charge in [0.2, 0.25) is 0 Å². The first-order chi connectivity index (χ1) is 7.63. The lowest BCUT2D eigenvalue weighted by molar-refractivity contribution is -0.108. The van der Waals surface area contributed by atoms with Gasteiger partial charge in [-0.25, -0.2) is 13.8 Å². The van der Waals surface area contributed by atoms with E-state index in [1.54, 1.807) is 0 Å². The summed E-state index contributed by atoms with van der Waals surface area (Å²) in [5.74, 6) is -2.13. The molecule has 0 fully saturated rings. The molecule has 16 heavy (non-hydrogen) atoms. The summed E-state index contributed by atoms with van der Waals surface area (Å²) in [7, 11) is 0. The molecular weight excluding hydrogens is 218 g/mol. The summed E-state index contributed by atoms with van der Waals surface area (Å²) in [6, 6.07) is 1.73. The number of fused-ring (bicyclic) bond motifs is 1. The van der Waals surface area contributed by atoms with Crippen molar-refractivity contribution < 1.29 is 13.6 Å². The van der Waals surface area contributed by atoms with E-state index in [0.29, 0.717) is 6.29 Å². The fourth-order valence-corrected chi connectivity index (χ4v) is 1.42. The normalized spacial score (nSPS) is 10.6. The van der Waals surface area contributed by atoms with Crippen molar-refractivity contribution in [3.05, 3.63) is 40.3 Å². The van der Waals surface area contributed by atoms with Gasteiger partial charge in [-0.3, -0.25) is 9.36 Å². The Morgan fingerprint density at radius 1 is 1.31 bits per heavy atom. The van der Waals surface area contributed by atoms with Gasteiger partial charge in [0, 0.05) is 12.1 Å². The lowest BCUT2D eigenvalue weighted by Crippen LogP contribution is -2.21. The average molecular weight is 224 g/mol. The number of nitrogens with zero attached hydrogens (tertiary/aromatic N) is 2. The molecule has 0 unspecified atom stereocenters. The Balaban J connectivity index is 2.86. The summed E-state index contributed by atoms with van der Waals surface area (Å²) in [6.07, 6.45) is 1.46. The minimum absolute atomic E-state index is 0.0958. The van der Waals surface area contributed by atoms with Gasteiger partial charge in [-0.1, -0.05) is 0 Å². The molecule has 1 aromatic carbocycles. The van der Waals surface area contributed by atoms with Crippen LogP contribution in [-0.2, 0) is 11.3 Å². The van der Waals surface area contributed by atoms with E-state index < -0.39 is 17.2 Å². The zero-order valence-corrected chi connectivity index (χ0v) is 7.98. The van der Waals surface area contributed by atoms with Crippen LogP contribution in [0.2, 0.25) is 0 Å². The van der Waals surface area contributed by atoms with Gasteiger partial charge in [0.1, 0.15) is 6.29 Å². The fraction of sp³-hybridized carbons (Fsp3) is 0.100. The maximum absolute atomic E-state index is 13.0. The Bertz CT molecular complexity index is 622. The molecule has 0 atom stereocenters. The van der Waals surface area contributed by atoms with Crippen LogP contribution in [0.15, 0.2) is 23.1 Å². The van der Waals surface area contributed by atoms with Gasteiger partial charge in [-0.05, 0) is 0 Å². The first-order valence-electron chi connectivity index (χ1n) is 4.41. The molecule has 1 aromatic heterocycles. The van der Waals surface area contributed by atoms with Crippen LogP contribution in [0.25, 0.3) is 11.0 Å². The minimum atomic E-state index is -1.08. The van der Waals surface area contributed by atoms with E-state index in [4.69, 9.17) is 0 Å². The molecule has 0 amide bonds. The fourth-order valence-electron chi connectivity index (χ4n) is 1.42. The van der Waals surface area contributed by atoms with Crippen LogP contribution in [0.3, 0.4) is 0 Å². The quantitative estimate of drug-likeness (QED) is 0.711. The summed E-state index contributed by atoms with van der Waals surface area (Å²) in [4.78, 5) is 25.4. The van der Waals surface area contributed by atoms with Gasteiger partial charge in [0.25, 0.3) is 5.56 Å². The molecule has 0 spiro atoms. The highest BCUT2D eigenvalue weighted by atomic mass is 19.2. The van der Waals surface area contributed by atoms with Crippen molar-refractivity contribution in [3.63, 3.8) is 0 Å². The average Bonchev–Trinajstić information content (AvgIpc) is 2.25.